The van der Waals surface area contributed by atoms with Gasteiger partial charge in [-0.15, -0.1) is 0 Å². The number of para-hydroxylation sites is 1. The van der Waals surface area contributed by atoms with Crippen molar-refractivity contribution < 1.29 is 23.1 Å². The summed E-state index contributed by atoms with van der Waals surface area (Å²) in [5, 5.41) is 5.04. The number of ether oxygens (including phenoxy) is 1. The van der Waals surface area contributed by atoms with E-state index in [0.29, 0.717) is 11.8 Å². The zero-order valence-electron chi connectivity index (χ0n) is 15.4. The van der Waals surface area contributed by atoms with E-state index in [1.54, 1.807) is 6.07 Å². The third kappa shape index (κ3) is 4.92. The Morgan fingerprint density at radius 1 is 1.03 bits per heavy atom. The molecule has 3 rings (SSSR count). The Bertz CT molecular complexity index is 1060. The molecule has 0 aliphatic heterocycles. The first-order valence-corrected chi connectivity index (χ1v) is 8.60. The molecule has 2 N–H and O–H groups in total. The predicted octanol–water partition coefficient (Wildman–Crippen LogP) is 3.55. The minimum atomic E-state index is -0.901. The van der Waals surface area contributed by atoms with Gasteiger partial charge in [0.05, 0.1) is 12.8 Å². The highest BCUT2D eigenvalue weighted by Gasteiger charge is 2.14. The molecule has 1 heterocycles. The van der Waals surface area contributed by atoms with Crippen molar-refractivity contribution in [2.24, 2.45) is 0 Å². The van der Waals surface area contributed by atoms with E-state index in [1.165, 1.54) is 25.4 Å². The minimum Gasteiger partial charge on any atom is -0.496 e. The summed E-state index contributed by atoms with van der Waals surface area (Å²) in [6.07, 6.45) is 1.30. The Hall–Kier alpha value is -3.81. The van der Waals surface area contributed by atoms with Gasteiger partial charge in [-0.05, 0) is 30.3 Å². The lowest BCUT2D eigenvalue weighted by molar-refractivity contribution is 0.0945. The van der Waals surface area contributed by atoms with Crippen molar-refractivity contribution in [2.45, 2.75) is 6.54 Å². The first-order chi connectivity index (χ1) is 14.0. The zero-order chi connectivity index (χ0) is 20.8. The second-order valence-corrected chi connectivity index (χ2v) is 6.00. The average molecular weight is 397 g/mol. The molecule has 29 heavy (non-hydrogen) atoms. The molecule has 0 spiro atoms. The van der Waals surface area contributed by atoms with Crippen LogP contribution in [0.2, 0.25) is 0 Å². The predicted molar refractivity (Wildman–Crippen MR) is 103 cm³/mol. The van der Waals surface area contributed by atoms with Crippen molar-refractivity contribution in [3.8, 4) is 5.75 Å². The van der Waals surface area contributed by atoms with Crippen LogP contribution in [0.25, 0.3) is 0 Å². The molecule has 1 aromatic heterocycles. The molecule has 8 heteroatoms. The fourth-order valence-corrected chi connectivity index (χ4v) is 2.60. The van der Waals surface area contributed by atoms with Crippen molar-refractivity contribution in [3.05, 3.63) is 89.2 Å². The minimum absolute atomic E-state index is 0.0205. The van der Waals surface area contributed by atoms with Crippen molar-refractivity contribution in [1.82, 2.24) is 10.3 Å². The second kappa shape index (κ2) is 8.92. The summed E-state index contributed by atoms with van der Waals surface area (Å²) in [6.45, 7) is 0.210. The van der Waals surface area contributed by atoms with E-state index in [9.17, 15) is 18.4 Å². The third-order valence-electron chi connectivity index (χ3n) is 4.07. The molecule has 6 nitrogen and oxygen atoms in total. The van der Waals surface area contributed by atoms with Gasteiger partial charge in [0.25, 0.3) is 11.8 Å². The standard InChI is InChI=1S/C21H17F2N3O3/c1-29-19-5-3-2-4-14(19)12-25-21(28)18-10-13(8-9-24-18)20(27)26-17-7-6-15(22)11-16(17)23/h2-11H,12H2,1H3,(H,25,28)(H,26,27). The molecule has 148 valence electrons. The first kappa shape index (κ1) is 19.9. The van der Waals surface area contributed by atoms with Gasteiger partial charge >= 0.3 is 0 Å². The van der Waals surface area contributed by atoms with Gasteiger partial charge in [-0.3, -0.25) is 14.6 Å². The summed E-state index contributed by atoms with van der Waals surface area (Å²) in [6, 6.07) is 12.7. The van der Waals surface area contributed by atoms with Crippen LogP contribution in [0.3, 0.4) is 0 Å². The molecule has 0 saturated heterocycles. The molecule has 0 bridgehead atoms. The zero-order valence-corrected chi connectivity index (χ0v) is 15.4. The van der Waals surface area contributed by atoms with Crippen LogP contribution in [-0.2, 0) is 6.54 Å². The van der Waals surface area contributed by atoms with Crippen molar-refractivity contribution in [1.29, 1.82) is 0 Å². The van der Waals surface area contributed by atoms with Crippen LogP contribution in [0.5, 0.6) is 5.75 Å². The number of halogens is 2. The Morgan fingerprint density at radius 2 is 1.83 bits per heavy atom. The Kier molecular flexibility index (Phi) is 6.13. The van der Waals surface area contributed by atoms with Crippen LogP contribution < -0.4 is 15.4 Å². The molecular formula is C21H17F2N3O3. The summed E-state index contributed by atoms with van der Waals surface area (Å²) in [4.78, 5) is 28.7. The van der Waals surface area contributed by atoms with E-state index in [0.717, 1.165) is 17.7 Å². The summed E-state index contributed by atoms with van der Waals surface area (Å²) in [7, 11) is 1.54. The maximum absolute atomic E-state index is 13.7. The number of carbonyl (C=O) groups excluding carboxylic acids is 2. The van der Waals surface area contributed by atoms with E-state index in [2.05, 4.69) is 15.6 Å². The van der Waals surface area contributed by atoms with Crippen molar-refractivity contribution >= 4 is 17.5 Å². The van der Waals surface area contributed by atoms with Crippen molar-refractivity contribution in [3.63, 3.8) is 0 Å². The van der Waals surface area contributed by atoms with Gasteiger partial charge in [0, 0.05) is 29.9 Å². The number of hydrogen-bond acceptors (Lipinski definition) is 4. The lowest BCUT2D eigenvalue weighted by atomic mass is 10.1. The van der Waals surface area contributed by atoms with Crippen LogP contribution >= 0.6 is 0 Å². The molecule has 0 fully saturated rings. The van der Waals surface area contributed by atoms with Crippen LogP contribution in [-0.4, -0.2) is 23.9 Å². The van der Waals surface area contributed by atoms with Crippen LogP contribution in [0.15, 0.2) is 60.8 Å². The number of aromatic nitrogens is 1. The number of benzene rings is 2. The third-order valence-corrected chi connectivity index (χ3v) is 4.07. The molecule has 2 amide bonds. The number of nitrogens with one attached hydrogen (secondary N) is 2. The first-order valence-electron chi connectivity index (χ1n) is 8.60. The molecule has 3 aromatic rings. The SMILES string of the molecule is COc1ccccc1CNC(=O)c1cc(C(=O)Nc2ccc(F)cc2F)ccn1. The Morgan fingerprint density at radius 3 is 2.59 bits per heavy atom. The molecule has 0 atom stereocenters. The monoisotopic (exact) mass is 397 g/mol. The highest BCUT2D eigenvalue weighted by molar-refractivity contribution is 6.05. The molecule has 0 aliphatic rings. The van der Waals surface area contributed by atoms with E-state index in [1.807, 2.05) is 18.2 Å². The van der Waals surface area contributed by atoms with Gasteiger partial charge in [0.1, 0.15) is 23.1 Å². The van der Waals surface area contributed by atoms with Crippen LogP contribution in [0.1, 0.15) is 26.4 Å². The molecule has 0 unspecified atom stereocenters. The van der Waals surface area contributed by atoms with Gasteiger partial charge in [-0.25, -0.2) is 8.78 Å². The maximum Gasteiger partial charge on any atom is 0.270 e. The van der Waals surface area contributed by atoms with Crippen LogP contribution in [0, 0.1) is 11.6 Å². The summed E-state index contributed by atoms with van der Waals surface area (Å²) in [5.74, 6) is -2.16. The molecule has 0 saturated carbocycles. The fourth-order valence-electron chi connectivity index (χ4n) is 2.60. The van der Waals surface area contributed by atoms with E-state index < -0.39 is 23.4 Å². The molecule has 0 radical (unpaired) electrons. The van der Waals surface area contributed by atoms with Gasteiger partial charge in [0.15, 0.2) is 0 Å². The van der Waals surface area contributed by atoms with Crippen LogP contribution in [0.4, 0.5) is 14.5 Å². The highest BCUT2D eigenvalue weighted by Crippen LogP contribution is 2.18. The number of methoxy groups -OCH3 is 1. The number of anilines is 1. The Labute approximate surface area is 165 Å². The van der Waals surface area contributed by atoms with Gasteiger partial charge in [-0.2, -0.15) is 0 Å². The van der Waals surface area contributed by atoms with E-state index in [-0.39, 0.29) is 23.5 Å². The average Bonchev–Trinajstić information content (AvgIpc) is 2.74. The van der Waals surface area contributed by atoms with Crippen molar-refractivity contribution in [2.75, 3.05) is 12.4 Å². The van der Waals surface area contributed by atoms with Gasteiger partial charge < -0.3 is 15.4 Å². The number of hydrogen-bond donors (Lipinski definition) is 2. The smallest absolute Gasteiger partial charge is 0.270 e. The van der Waals surface area contributed by atoms with E-state index in [4.69, 9.17) is 4.74 Å². The number of rotatable bonds is 6. The maximum atomic E-state index is 13.7. The van der Waals surface area contributed by atoms with E-state index >= 15 is 0 Å². The molecule has 2 aromatic carbocycles. The van der Waals surface area contributed by atoms with Gasteiger partial charge in [-0.1, -0.05) is 18.2 Å². The fraction of sp³-hybridized carbons (Fsp3) is 0.0952. The number of pyridine rings is 1. The number of carbonyl (C=O) groups is 2. The Balaban J connectivity index is 1.69. The largest absolute Gasteiger partial charge is 0.496 e. The molecular weight excluding hydrogens is 380 g/mol. The van der Waals surface area contributed by atoms with Gasteiger partial charge in [0.2, 0.25) is 0 Å². The molecule has 0 aliphatic carbocycles. The summed E-state index contributed by atoms with van der Waals surface area (Å²) >= 11 is 0. The summed E-state index contributed by atoms with van der Waals surface area (Å²) in [5.41, 5.74) is 0.734. The summed E-state index contributed by atoms with van der Waals surface area (Å²) < 4.78 is 31.9. The number of amides is 2. The quantitative estimate of drug-likeness (QED) is 0.667. The topological polar surface area (TPSA) is 80.3 Å². The lowest BCUT2D eigenvalue weighted by Gasteiger charge is -2.10. The normalized spacial score (nSPS) is 10.3. The lowest BCUT2D eigenvalue weighted by Crippen LogP contribution is -2.24. The highest BCUT2D eigenvalue weighted by atomic mass is 19.1. The number of nitrogens with zero attached hydrogens (tertiary/aromatic N) is 1. The second-order valence-electron chi connectivity index (χ2n) is 6.00.